The third kappa shape index (κ3) is 5.60. The van der Waals surface area contributed by atoms with Crippen LogP contribution < -0.4 is 11.1 Å². The predicted molar refractivity (Wildman–Crippen MR) is 52.2 cm³/mol. The van der Waals surface area contributed by atoms with Crippen molar-refractivity contribution in [3.8, 4) is 0 Å². The minimum atomic E-state index is -0.494. The number of nitrogens with two attached hydrogens (primary N) is 1. The Morgan fingerprint density at radius 3 is 2.62 bits per heavy atom. The van der Waals surface area contributed by atoms with Crippen molar-refractivity contribution in [2.45, 2.75) is 45.3 Å². The summed E-state index contributed by atoms with van der Waals surface area (Å²) in [4.78, 5) is 11.2. The van der Waals surface area contributed by atoms with Crippen LogP contribution in [0.3, 0.4) is 0 Å². The molecule has 0 aliphatic rings. The van der Waals surface area contributed by atoms with Crippen molar-refractivity contribution < 1.29 is 9.90 Å². The van der Waals surface area contributed by atoms with Crippen LogP contribution in [-0.2, 0) is 4.79 Å². The highest BCUT2D eigenvalue weighted by Gasteiger charge is 2.14. The Balaban J connectivity index is 3.73. The molecule has 0 aliphatic heterocycles. The number of rotatable bonds is 6. The maximum absolute atomic E-state index is 11.2. The molecule has 0 aromatic heterocycles. The van der Waals surface area contributed by atoms with E-state index in [-0.39, 0.29) is 11.9 Å². The molecule has 4 N–H and O–H groups in total. The maximum Gasteiger partial charge on any atom is 0.220 e. The summed E-state index contributed by atoms with van der Waals surface area (Å²) in [6, 6.07) is -0.134. The Morgan fingerprint density at radius 1 is 1.62 bits per heavy atom. The molecule has 0 saturated carbocycles. The van der Waals surface area contributed by atoms with Crippen LogP contribution in [0.5, 0.6) is 0 Å². The minimum absolute atomic E-state index is 0.0294. The summed E-state index contributed by atoms with van der Waals surface area (Å²) in [6.45, 7) is 4.14. The zero-order valence-electron chi connectivity index (χ0n) is 8.42. The van der Waals surface area contributed by atoms with Crippen LogP contribution in [0, 0.1) is 0 Å². The fourth-order valence-corrected chi connectivity index (χ4v) is 1.11. The van der Waals surface area contributed by atoms with Crippen LogP contribution in [0.2, 0.25) is 0 Å². The van der Waals surface area contributed by atoms with E-state index in [0.717, 1.165) is 6.42 Å². The van der Waals surface area contributed by atoms with Crippen LogP contribution in [-0.4, -0.2) is 29.7 Å². The standard InChI is InChI=1S/C9H20N2O2/c1-3-8(7(2)12)11-9(13)5-4-6-10/h7-8,12H,3-6,10H2,1-2H3,(H,11,13). The van der Waals surface area contributed by atoms with Crippen molar-refractivity contribution in [3.05, 3.63) is 0 Å². The van der Waals surface area contributed by atoms with Crippen molar-refractivity contribution in [1.29, 1.82) is 0 Å². The van der Waals surface area contributed by atoms with Gasteiger partial charge in [0.15, 0.2) is 0 Å². The number of aliphatic hydroxyl groups is 1. The van der Waals surface area contributed by atoms with Crippen LogP contribution in [0.1, 0.15) is 33.1 Å². The Hall–Kier alpha value is -0.610. The summed E-state index contributed by atoms with van der Waals surface area (Å²) in [6.07, 6.45) is 1.39. The van der Waals surface area contributed by atoms with Crippen LogP contribution in [0.4, 0.5) is 0 Å². The van der Waals surface area contributed by atoms with Crippen molar-refractivity contribution in [1.82, 2.24) is 5.32 Å². The lowest BCUT2D eigenvalue weighted by Gasteiger charge is -2.19. The maximum atomic E-state index is 11.2. The molecule has 0 aliphatic carbocycles. The van der Waals surface area contributed by atoms with Crippen molar-refractivity contribution in [3.63, 3.8) is 0 Å². The molecule has 2 unspecified atom stereocenters. The lowest BCUT2D eigenvalue weighted by Crippen LogP contribution is -2.41. The van der Waals surface area contributed by atoms with Gasteiger partial charge in [-0.1, -0.05) is 6.92 Å². The highest BCUT2D eigenvalue weighted by Crippen LogP contribution is 1.98. The van der Waals surface area contributed by atoms with Gasteiger partial charge in [-0.25, -0.2) is 0 Å². The molecule has 4 nitrogen and oxygen atoms in total. The van der Waals surface area contributed by atoms with Gasteiger partial charge in [-0.3, -0.25) is 4.79 Å². The summed E-state index contributed by atoms with van der Waals surface area (Å²) in [7, 11) is 0. The largest absolute Gasteiger partial charge is 0.391 e. The lowest BCUT2D eigenvalue weighted by molar-refractivity contribution is -0.122. The third-order valence-electron chi connectivity index (χ3n) is 1.98. The Morgan fingerprint density at radius 2 is 2.23 bits per heavy atom. The number of amides is 1. The van der Waals surface area contributed by atoms with Crippen molar-refractivity contribution in [2.75, 3.05) is 6.54 Å². The summed E-state index contributed by atoms with van der Waals surface area (Å²) in [5.41, 5.74) is 5.27. The van der Waals surface area contributed by atoms with E-state index in [1.165, 1.54) is 0 Å². The van der Waals surface area contributed by atoms with Crippen molar-refractivity contribution in [2.24, 2.45) is 5.73 Å². The molecule has 78 valence electrons. The van der Waals surface area contributed by atoms with Gasteiger partial charge >= 0.3 is 0 Å². The quantitative estimate of drug-likeness (QED) is 0.549. The van der Waals surface area contributed by atoms with Gasteiger partial charge in [0, 0.05) is 6.42 Å². The number of carbonyl (C=O) groups is 1. The first-order chi connectivity index (χ1) is 6.11. The number of hydrogen-bond donors (Lipinski definition) is 3. The van der Waals surface area contributed by atoms with E-state index in [4.69, 9.17) is 5.73 Å². The predicted octanol–water partition coefficient (Wildman–Crippen LogP) is 0.000900. The Kier molecular flexibility index (Phi) is 6.54. The molecule has 0 saturated heterocycles. The lowest BCUT2D eigenvalue weighted by atomic mass is 10.1. The molecule has 0 aromatic carbocycles. The average molecular weight is 188 g/mol. The first-order valence-corrected chi connectivity index (χ1v) is 4.79. The summed E-state index contributed by atoms with van der Waals surface area (Å²) >= 11 is 0. The van der Waals surface area contributed by atoms with Crippen LogP contribution in [0.15, 0.2) is 0 Å². The van der Waals surface area contributed by atoms with Gasteiger partial charge in [0.05, 0.1) is 12.1 Å². The zero-order valence-corrected chi connectivity index (χ0v) is 8.42. The first kappa shape index (κ1) is 12.4. The molecule has 0 spiro atoms. The van der Waals surface area contributed by atoms with Crippen molar-refractivity contribution >= 4 is 5.91 Å². The van der Waals surface area contributed by atoms with Gasteiger partial charge in [-0.05, 0) is 26.3 Å². The molecule has 0 aromatic rings. The van der Waals surface area contributed by atoms with E-state index in [1.807, 2.05) is 6.92 Å². The average Bonchev–Trinajstić information content (AvgIpc) is 2.10. The molecule has 0 bridgehead atoms. The van der Waals surface area contributed by atoms with Crippen LogP contribution >= 0.6 is 0 Å². The second kappa shape index (κ2) is 6.86. The van der Waals surface area contributed by atoms with Gasteiger partial charge in [-0.2, -0.15) is 0 Å². The van der Waals surface area contributed by atoms with E-state index in [1.54, 1.807) is 6.92 Å². The second-order valence-electron chi connectivity index (χ2n) is 3.22. The molecule has 0 heterocycles. The fourth-order valence-electron chi connectivity index (χ4n) is 1.11. The monoisotopic (exact) mass is 188 g/mol. The normalized spacial score (nSPS) is 15.1. The molecule has 0 radical (unpaired) electrons. The third-order valence-corrected chi connectivity index (χ3v) is 1.98. The number of aliphatic hydroxyl groups excluding tert-OH is 1. The van der Waals surface area contributed by atoms with E-state index >= 15 is 0 Å². The zero-order chi connectivity index (χ0) is 10.3. The van der Waals surface area contributed by atoms with E-state index < -0.39 is 6.10 Å². The molecular weight excluding hydrogens is 168 g/mol. The number of carbonyl (C=O) groups excluding carboxylic acids is 1. The molecule has 13 heavy (non-hydrogen) atoms. The van der Waals surface area contributed by atoms with Crippen LogP contribution in [0.25, 0.3) is 0 Å². The minimum Gasteiger partial charge on any atom is -0.391 e. The summed E-state index contributed by atoms with van der Waals surface area (Å²) < 4.78 is 0. The Labute approximate surface area is 79.5 Å². The molecule has 2 atom stereocenters. The highest BCUT2D eigenvalue weighted by molar-refractivity contribution is 5.76. The molecular formula is C9H20N2O2. The van der Waals surface area contributed by atoms with E-state index in [2.05, 4.69) is 5.32 Å². The van der Waals surface area contributed by atoms with Gasteiger partial charge < -0.3 is 16.2 Å². The highest BCUT2D eigenvalue weighted by atomic mass is 16.3. The summed E-state index contributed by atoms with van der Waals surface area (Å²) in [5.74, 6) is -0.0294. The molecule has 0 rings (SSSR count). The molecule has 4 heteroatoms. The SMILES string of the molecule is CCC(NC(=O)CCCN)C(C)O. The topological polar surface area (TPSA) is 75.4 Å². The second-order valence-corrected chi connectivity index (χ2v) is 3.22. The molecule has 0 fully saturated rings. The van der Waals surface area contributed by atoms with Gasteiger partial charge in [-0.15, -0.1) is 0 Å². The first-order valence-electron chi connectivity index (χ1n) is 4.79. The van der Waals surface area contributed by atoms with E-state index in [9.17, 15) is 9.90 Å². The summed E-state index contributed by atoms with van der Waals surface area (Å²) in [5, 5.41) is 12.0. The fraction of sp³-hybridized carbons (Fsp3) is 0.889. The van der Waals surface area contributed by atoms with Gasteiger partial charge in [0.1, 0.15) is 0 Å². The number of hydrogen-bond acceptors (Lipinski definition) is 3. The Bertz CT molecular complexity index is 149. The molecule has 1 amide bonds. The smallest absolute Gasteiger partial charge is 0.220 e. The van der Waals surface area contributed by atoms with Gasteiger partial charge in [0.2, 0.25) is 5.91 Å². The number of nitrogens with one attached hydrogen (secondary N) is 1. The van der Waals surface area contributed by atoms with E-state index in [0.29, 0.717) is 19.4 Å². The van der Waals surface area contributed by atoms with Gasteiger partial charge in [0.25, 0.3) is 0 Å².